The molecule has 2 aliphatic rings. The number of hydrogen-bond donors (Lipinski definition) is 1. The molecule has 1 heterocycles. The minimum absolute atomic E-state index is 0.387. The van der Waals surface area contributed by atoms with Gasteiger partial charge in [-0.25, -0.2) is 0 Å². The summed E-state index contributed by atoms with van der Waals surface area (Å²) in [6.45, 7) is 1.11. The molecule has 2 aromatic carbocycles. The third-order valence-electron chi connectivity index (χ3n) is 4.61. The molecule has 0 bridgehead atoms. The van der Waals surface area contributed by atoms with Crippen LogP contribution in [0.15, 0.2) is 66.2 Å². The van der Waals surface area contributed by atoms with Crippen molar-refractivity contribution in [3.05, 3.63) is 71.8 Å². The van der Waals surface area contributed by atoms with Gasteiger partial charge in [-0.15, -0.1) is 0 Å². The number of rotatable bonds is 3. The molecule has 0 amide bonds. The van der Waals surface area contributed by atoms with Gasteiger partial charge in [0.05, 0.1) is 6.04 Å². The first-order valence-corrected chi connectivity index (χ1v) is 7.99. The lowest BCUT2D eigenvalue weighted by Gasteiger charge is -2.23. The maximum atomic E-state index is 3.65. The minimum Gasteiger partial charge on any atom is -0.306 e. The van der Waals surface area contributed by atoms with Crippen molar-refractivity contribution in [1.29, 1.82) is 0 Å². The summed E-state index contributed by atoms with van der Waals surface area (Å²) < 4.78 is 0. The summed E-state index contributed by atoms with van der Waals surface area (Å²) >= 11 is 0. The molecule has 1 aliphatic heterocycles. The molecule has 106 valence electrons. The third-order valence-corrected chi connectivity index (χ3v) is 4.61. The SMILES string of the molecule is C1=C(C2CC2)CCNC1c1cccc(-c2ccccc2)c1. The van der Waals surface area contributed by atoms with E-state index in [0.717, 1.165) is 12.5 Å². The van der Waals surface area contributed by atoms with E-state index in [1.807, 2.05) is 0 Å². The van der Waals surface area contributed by atoms with E-state index < -0.39 is 0 Å². The van der Waals surface area contributed by atoms with Crippen molar-refractivity contribution < 1.29 is 0 Å². The standard InChI is InChI=1S/C20H21N/c1-2-5-15(6-3-1)17-7-4-8-19(13-17)20-14-18(11-12-21-20)16-9-10-16/h1-8,13-14,16,20-21H,9-12H2. The van der Waals surface area contributed by atoms with Crippen LogP contribution >= 0.6 is 0 Å². The molecule has 1 saturated carbocycles. The van der Waals surface area contributed by atoms with E-state index >= 15 is 0 Å². The zero-order valence-corrected chi connectivity index (χ0v) is 12.3. The van der Waals surface area contributed by atoms with E-state index in [2.05, 4.69) is 66.0 Å². The summed E-state index contributed by atoms with van der Waals surface area (Å²) in [5, 5.41) is 3.65. The Kier molecular flexibility index (Phi) is 3.36. The third kappa shape index (κ3) is 2.79. The van der Waals surface area contributed by atoms with Crippen molar-refractivity contribution >= 4 is 0 Å². The predicted molar refractivity (Wildman–Crippen MR) is 88.0 cm³/mol. The summed E-state index contributed by atoms with van der Waals surface area (Å²) in [6, 6.07) is 20.0. The highest BCUT2D eigenvalue weighted by molar-refractivity contribution is 5.64. The number of nitrogens with one attached hydrogen (secondary N) is 1. The smallest absolute Gasteiger partial charge is 0.0509 e. The normalized spacial score (nSPS) is 21.9. The highest BCUT2D eigenvalue weighted by atomic mass is 14.9. The molecule has 0 aromatic heterocycles. The zero-order chi connectivity index (χ0) is 14.1. The van der Waals surface area contributed by atoms with Gasteiger partial charge in [-0.1, -0.05) is 60.2 Å². The van der Waals surface area contributed by atoms with Gasteiger partial charge in [-0.05, 0) is 54.5 Å². The van der Waals surface area contributed by atoms with Crippen LogP contribution in [0.1, 0.15) is 30.9 Å². The number of hydrogen-bond acceptors (Lipinski definition) is 1. The van der Waals surface area contributed by atoms with Gasteiger partial charge in [0.25, 0.3) is 0 Å². The highest BCUT2D eigenvalue weighted by Gasteiger charge is 2.28. The van der Waals surface area contributed by atoms with Gasteiger partial charge in [0.1, 0.15) is 0 Å². The second-order valence-electron chi connectivity index (χ2n) is 6.19. The molecular weight excluding hydrogens is 254 g/mol. The highest BCUT2D eigenvalue weighted by Crippen LogP contribution is 2.40. The lowest BCUT2D eigenvalue weighted by atomic mass is 9.94. The van der Waals surface area contributed by atoms with Crippen LogP contribution in [0.25, 0.3) is 11.1 Å². The van der Waals surface area contributed by atoms with E-state index in [9.17, 15) is 0 Å². The molecule has 0 spiro atoms. The van der Waals surface area contributed by atoms with Crippen molar-refractivity contribution in [2.75, 3.05) is 6.54 Å². The van der Waals surface area contributed by atoms with Crippen LogP contribution in [-0.2, 0) is 0 Å². The van der Waals surface area contributed by atoms with Crippen LogP contribution in [0.3, 0.4) is 0 Å². The van der Waals surface area contributed by atoms with Gasteiger partial charge >= 0.3 is 0 Å². The monoisotopic (exact) mass is 275 g/mol. The number of benzene rings is 2. The molecule has 1 fully saturated rings. The average Bonchev–Trinajstić information content (AvgIpc) is 3.41. The molecule has 1 nitrogen and oxygen atoms in total. The summed E-state index contributed by atoms with van der Waals surface area (Å²) in [5.41, 5.74) is 5.67. The average molecular weight is 275 g/mol. The fourth-order valence-corrected chi connectivity index (χ4v) is 3.28. The van der Waals surface area contributed by atoms with Crippen LogP contribution in [0.4, 0.5) is 0 Å². The summed E-state index contributed by atoms with van der Waals surface area (Å²) in [7, 11) is 0. The molecule has 1 N–H and O–H groups in total. The quantitative estimate of drug-likeness (QED) is 0.799. The Hall–Kier alpha value is -1.86. The lowest BCUT2D eigenvalue weighted by molar-refractivity contribution is 0.570. The second-order valence-corrected chi connectivity index (χ2v) is 6.19. The fraction of sp³-hybridized carbons (Fsp3) is 0.300. The van der Waals surface area contributed by atoms with E-state index in [-0.39, 0.29) is 0 Å². The van der Waals surface area contributed by atoms with Gasteiger partial charge < -0.3 is 5.32 Å². The van der Waals surface area contributed by atoms with E-state index in [4.69, 9.17) is 0 Å². The van der Waals surface area contributed by atoms with Gasteiger partial charge in [0.2, 0.25) is 0 Å². The van der Waals surface area contributed by atoms with E-state index in [1.165, 1.54) is 36.0 Å². The molecule has 0 radical (unpaired) electrons. The van der Waals surface area contributed by atoms with Gasteiger partial charge in [0, 0.05) is 0 Å². The first kappa shape index (κ1) is 12.8. The Bertz CT molecular complexity index is 653. The molecular formula is C20H21N. The minimum atomic E-state index is 0.387. The largest absolute Gasteiger partial charge is 0.306 e. The first-order chi connectivity index (χ1) is 10.4. The molecule has 1 unspecified atom stereocenters. The molecule has 1 atom stereocenters. The predicted octanol–water partition coefficient (Wildman–Crippen LogP) is 4.72. The Balaban J connectivity index is 1.65. The Morgan fingerprint density at radius 2 is 1.67 bits per heavy atom. The maximum Gasteiger partial charge on any atom is 0.0509 e. The molecule has 1 heteroatoms. The first-order valence-electron chi connectivity index (χ1n) is 7.99. The van der Waals surface area contributed by atoms with Crippen LogP contribution in [0, 0.1) is 5.92 Å². The van der Waals surface area contributed by atoms with Crippen molar-refractivity contribution in [2.24, 2.45) is 5.92 Å². The molecule has 1 aliphatic carbocycles. The zero-order valence-electron chi connectivity index (χ0n) is 12.3. The van der Waals surface area contributed by atoms with Crippen LogP contribution in [0.5, 0.6) is 0 Å². The fourth-order valence-electron chi connectivity index (χ4n) is 3.28. The molecule has 4 rings (SSSR count). The van der Waals surface area contributed by atoms with E-state index in [0.29, 0.717) is 6.04 Å². The summed E-state index contributed by atoms with van der Waals surface area (Å²) in [4.78, 5) is 0. The van der Waals surface area contributed by atoms with Gasteiger partial charge in [-0.2, -0.15) is 0 Å². The van der Waals surface area contributed by atoms with Crippen LogP contribution in [-0.4, -0.2) is 6.54 Å². The molecule has 0 saturated heterocycles. The summed E-state index contributed by atoms with van der Waals surface area (Å²) in [6.07, 6.45) is 6.52. The van der Waals surface area contributed by atoms with Gasteiger partial charge in [-0.3, -0.25) is 0 Å². The molecule has 2 aromatic rings. The Labute approximate surface area is 126 Å². The Morgan fingerprint density at radius 3 is 2.48 bits per heavy atom. The Morgan fingerprint density at radius 1 is 0.857 bits per heavy atom. The lowest BCUT2D eigenvalue weighted by Crippen LogP contribution is -2.26. The van der Waals surface area contributed by atoms with Crippen LogP contribution < -0.4 is 5.32 Å². The van der Waals surface area contributed by atoms with Crippen molar-refractivity contribution in [3.63, 3.8) is 0 Å². The van der Waals surface area contributed by atoms with Crippen LogP contribution in [0.2, 0.25) is 0 Å². The van der Waals surface area contributed by atoms with Crippen molar-refractivity contribution in [2.45, 2.75) is 25.3 Å². The summed E-state index contributed by atoms with van der Waals surface area (Å²) in [5.74, 6) is 0.895. The van der Waals surface area contributed by atoms with Crippen molar-refractivity contribution in [3.8, 4) is 11.1 Å². The van der Waals surface area contributed by atoms with Crippen molar-refractivity contribution in [1.82, 2.24) is 5.32 Å². The second kappa shape index (κ2) is 5.50. The van der Waals surface area contributed by atoms with Gasteiger partial charge in [0.15, 0.2) is 0 Å². The van der Waals surface area contributed by atoms with E-state index in [1.54, 1.807) is 5.57 Å². The molecule has 21 heavy (non-hydrogen) atoms. The maximum absolute atomic E-state index is 3.65. The topological polar surface area (TPSA) is 12.0 Å².